The van der Waals surface area contributed by atoms with Crippen LogP contribution in [0, 0.1) is 27.7 Å². The number of aryl methyl sites for hydroxylation is 3. The van der Waals surface area contributed by atoms with E-state index in [2.05, 4.69) is 25.3 Å². The largest absolute Gasteiger partial charge is 0.469 e. The molecule has 4 aromatic rings. The Bertz CT molecular complexity index is 1700. The summed E-state index contributed by atoms with van der Waals surface area (Å²) in [5, 5.41) is 6.03. The molecule has 1 amide bonds. The van der Waals surface area contributed by atoms with E-state index in [-0.39, 0.29) is 36.6 Å². The van der Waals surface area contributed by atoms with Gasteiger partial charge in [-0.15, -0.1) is 0 Å². The Morgan fingerprint density at radius 2 is 1.35 bits per heavy atom. The number of rotatable bonds is 14. The number of ketones is 1. The highest BCUT2D eigenvalue weighted by Crippen LogP contribution is 2.33. The number of pyridine rings is 2. The molecule has 2 heterocycles. The van der Waals surface area contributed by atoms with Crippen molar-refractivity contribution in [1.29, 1.82) is 0 Å². The zero-order valence-electron chi connectivity index (χ0n) is 28.4. The number of carbonyl (C=O) groups is 4. The van der Waals surface area contributed by atoms with Crippen molar-refractivity contribution >= 4 is 29.3 Å². The number of benzene rings is 2. The third kappa shape index (κ3) is 8.98. The van der Waals surface area contributed by atoms with Crippen LogP contribution in [0.15, 0.2) is 60.9 Å². The van der Waals surface area contributed by atoms with Crippen LogP contribution < -0.4 is 10.6 Å². The molecule has 0 saturated carbocycles. The summed E-state index contributed by atoms with van der Waals surface area (Å²) >= 11 is 0. The fraction of sp³-hybridized carbons (Fsp3) is 0.316. The quantitative estimate of drug-likeness (QED) is 0.128. The molecule has 0 aliphatic carbocycles. The lowest BCUT2D eigenvalue weighted by Gasteiger charge is -2.16. The molecule has 2 N–H and O–H groups in total. The molecule has 0 spiro atoms. The summed E-state index contributed by atoms with van der Waals surface area (Å²) in [5.74, 6) is -1.01. The Labute approximate surface area is 281 Å². The molecule has 0 bridgehead atoms. The Kier molecular flexibility index (Phi) is 12.3. The van der Waals surface area contributed by atoms with E-state index in [0.717, 1.165) is 50.1 Å². The van der Waals surface area contributed by atoms with Crippen LogP contribution in [0.2, 0.25) is 0 Å². The lowest BCUT2D eigenvalue weighted by molar-refractivity contribution is -0.141. The van der Waals surface area contributed by atoms with Crippen LogP contribution in [-0.2, 0) is 38.4 Å². The number of carbonyl (C=O) groups excluding carboxylic acids is 4. The van der Waals surface area contributed by atoms with E-state index in [1.54, 1.807) is 24.5 Å². The molecule has 0 saturated heterocycles. The van der Waals surface area contributed by atoms with Gasteiger partial charge in [-0.25, -0.2) is 0 Å². The zero-order valence-corrected chi connectivity index (χ0v) is 28.4. The third-order valence-corrected chi connectivity index (χ3v) is 8.49. The number of hydrogen-bond acceptors (Lipinski definition) is 9. The van der Waals surface area contributed by atoms with Gasteiger partial charge in [-0.05, 0) is 109 Å². The van der Waals surface area contributed by atoms with E-state index < -0.39 is 0 Å². The van der Waals surface area contributed by atoms with Crippen molar-refractivity contribution in [1.82, 2.24) is 15.3 Å². The standard InChI is InChI=1S/C38H42N4O6/c1-23-17-34(41-20-28(23)11-8-15-36(44)47-5)38(46)42-32-14-9-13-31(26(32)4)30-12-7-10-27(25(30)3)18-35(43)33-16-24(2)29(21-40-33)19-39-22-37(45)48-6/h7,9-10,12-14,16-17,20-21,39H,8,11,15,18-19,22H2,1-6H3,(H,42,46). The number of esters is 2. The fourth-order valence-corrected chi connectivity index (χ4v) is 5.47. The Morgan fingerprint density at radius 3 is 2.04 bits per heavy atom. The summed E-state index contributed by atoms with van der Waals surface area (Å²) in [7, 11) is 2.72. The van der Waals surface area contributed by atoms with Gasteiger partial charge in [0.05, 0.1) is 20.8 Å². The number of ether oxygens (including phenoxy) is 2. The molecule has 2 aromatic heterocycles. The molecular formula is C38H42N4O6. The van der Waals surface area contributed by atoms with Gasteiger partial charge >= 0.3 is 11.9 Å². The van der Waals surface area contributed by atoms with Crippen molar-refractivity contribution in [3.8, 4) is 11.1 Å². The zero-order chi connectivity index (χ0) is 34.8. The normalized spacial score (nSPS) is 10.8. The number of hydrogen-bond donors (Lipinski definition) is 2. The van der Waals surface area contributed by atoms with Crippen molar-refractivity contribution in [3.63, 3.8) is 0 Å². The van der Waals surface area contributed by atoms with Crippen LogP contribution in [0.4, 0.5) is 5.69 Å². The molecule has 0 atom stereocenters. The number of nitrogens with one attached hydrogen (secondary N) is 2. The van der Waals surface area contributed by atoms with Gasteiger partial charge in [0.1, 0.15) is 11.4 Å². The lowest BCUT2D eigenvalue weighted by atomic mass is 9.91. The van der Waals surface area contributed by atoms with Gasteiger partial charge in [-0.3, -0.25) is 29.1 Å². The summed E-state index contributed by atoms with van der Waals surface area (Å²) in [6.07, 6.45) is 5.18. The molecule has 0 aliphatic heterocycles. The first-order valence-electron chi connectivity index (χ1n) is 15.8. The topological polar surface area (TPSA) is 137 Å². The van der Waals surface area contributed by atoms with Crippen LogP contribution in [0.1, 0.15) is 72.8 Å². The number of anilines is 1. The average molecular weight is 651 g/mol. The van der Waals surface area contributed by atoms with Crippen molar-refractivity contribution < 1.29 is 28.7 Å². The van der Waals surface area contributed by atoms with Crippen molar-refractivity contribution in [2.24, 2.45) is 0 Å². The first kappa shape index (κ1) is 35.6. The van der Waals surface area contributed by atoms with E-state index in [4.69, 9.17) is 4.74 Å². The summed E-state index contributed by atoms with van der Waals surface area (Å²) in [5.41, 5.74) is 9.73. The number of methoxy groups -OCH3 is 2. The molecule has 0 unspecified atom stereocenters. The molecule has 250 valence electrons. The molecule has 48 heavy (non-hydrogen) atoms. The molecule has 0 radical (unpaired) electrons. The van der Waals surface area contributed by atoms with Crippen LogP contribution >= 0.6 is 0 Å². The van der Waals surface area contributed by atoms with E-state index in [0.29, 0.717) is 42.9 Å². The minimum absolute atomic E-state index is 0.0908. The molecular weight excluding hydrogens is 608 g/mol. The Hall–Kier alpha value is -5.22. The summed E-state index contributed by atoms with van der Waals surface area (Å²) in [4.78, 5) is 58.1. The number of nitrogens with zero attached hydrogens (tertiary/aromatic N) is 2. The highest BCUT2D eigenvalue weighted by atomic mass is 16.5. The first-order chi connectivity index (χ1) is 23.0. The van der Waals surface area contributed by atoms with Gasteiger partial charge < -0.3 is 20.1 Å². The molecule has 4 rings (SSSR count). The second-order valence-corrected chi connectivity index (χ2v) is 11.7. The highest BCUT2D eigenvalue weighted by molar-refractivity contribution is 6.04. The number of Topliss-reactive ketones (excluding diaryl/α,β-unsaturated/α-hetero) is 1. The second kappa shape index (κ2) is 16.6. The summed E-state index contributed by atoms with van der Waals surface area (Å²) in [6.45, 7) is 8.32. The second-order valence-electron chi connectivity index (χ2n) is 11.7. The number of aromatic nitrogens is 2. The fourth-order valence-electron chi connectivity index (χ4n) is 5.47. The lowest BCUT2D eigenvalue weighted by Crippen LogP contribution is -2.24. The molecule has 0 aliphatic rings. The van der Waals surface area contributed by atoms with Crippen LogP contribution in [0.5, 0.6) is 0 Å². The average Bonchev–Trinajstić information content (AvgIpc) is 3.07. The van der Waals surface area contributed by atoms with E-state index in [1.807, 2.05) is 64.1 Å². The van der Waals surface area contributed by atoms with Crippen LogP contribution in [0.3, 0.4) is 0 Å². The molecule has 10 heteroatoms. The van der Waals surface area contributed by atoms with Crippen molar-refractivity contribution in [2.45, 2.75) is 59.9 Å². The highest BCUT2D eigenvalue weighted by Gasteiger charge is 2.17. The van der Waals surface area contributed by atoms with E-state index >= 15 is 0 Å². The molecule has 2 aromatic carbocycles. The molecule has 0 fully saturated rings. The van der Waals surface area contributed by atoms with Gasteiger partial charge in [0, 0.05) is 37.5 Å². The van der Waals surface area contributed by atoms with E-state index in [9.17, 15) is 19.2 Å². The predicted octanol–water partition coefficient (Wildman–Crippen LogP) is 5.81. The Balaban J connectivity index is 1.46. The van der Waals surface area contributed by atoms with Crippen LogP contribution in [0.25, 0.3) is 11.1 Å². The van der Waals surface area contributed by atoms with Gasteiger partial charge in [-0.1, -0.05) is 30.3 Å². The monoisotopic (exact) mass is 650 g/mol. The van der Waals surface area contributed by atoms with Crippen molar-refractivity contribution in [2.75, 3.05) is 26.1 Å². The summed E-state index contributed by atoms with van der Waals surface area (Å²) < 4.78 is 9.35. The van der Waals surface area contributed by atoms with Gasteiger partial charge in [0.15, 0.2) is 5.78 Å². The minimum atomic E-state index is -0.350. The third-order valence-electron chi connectivity index (χ3n) is 8.49. The smallest absolute Gasteiger partial charge is 0.319 e. The van der Waals surface area contributed by atoms with Gasteiger partial charge in [0.2, 0.25) is 0 Å². The Morgan fingerprint density at radius 1 is 0.729 bits per heavy atom. The van der Waals surface area contributed by atoms with Crippen molar-refractivity contribution in [3.05, 3.63) is 111 Å². The maximum atomic E-state index is 13.3. The minimum Gasteiger partial charge on any atom is -0.469 e. The maximum Gasteiger partial charge on any atom is 0.319 e. The van der Waals surface area contributed by atoms with Crippen LogP contribution in [-0.4, -0.2) is 54.4 Å². The number of amides is 1. The summed E-state index contributed by atoms with van der Waals surface area (Å²) in [6, 6.07) is 15.2. The van der Waals surface area contributed by atoms with E-state index in [1.165, 1.54) is 14.2 Å². The SMILES string of the molecule is COC(=O)CCCc1cnc(C(=O)Nc2cccc(-c3cccc(CC(=O)c4cc(C)c(CNCC(=O)OC)cn4)c3C)c2C)cc1C. The molecule has 10 nitrogen and oxygen atoms in total. The maximum absolute atomic E-state index is 13.3. The predicted molar refractivity (Wildman–Crippen MR) is 184 cm³/mol. The first-order valence-corrected chi connectivity index (χ1v) is 15.8. The van der Waals surface area contributed by atoms with Gasteiger partial charge in [0.25, 0.3) is 5.91 Å². The van der Waals surface area contributed by atoms with Gasteiger partial charge in [-0.2, -0.15) is 0 Å².